The lowest BCUT2D eigenvalue weighted by Gasteiger charge is -2.13. The van der Waals surface area contributed by atoms with Crippen LogP contribution in [0.2, 0.25) is 0 Å². The highest BCUT2D eigenvalue weighted by molar-refractivity contribution is 9.10. The molecule has 1 unspecified atom stereocenters. The summed E-state index contributed by atoms with van der Waals surface area (Å²) < 4.78 is 1.02. The number of benzene rings is 1. The summed E-state index contributed by atoms with van der Waals surface area (Å²) in [6.07, 6.45) is 4.09. The molecular formula is C16H19BrN2. The number of nitrogens with one attached hydrogen (secondary N) is 1. The van der Waals surface area contributed by atoms with Crippen molar-refractivity contribution in [3.63, 3.8) is 0 Å². The largest absolute Gasteiger partial charge is 0.309 e. The van der Waals surface area contributed by atoms with E-state index in [1.807, 2.05) is 18.3 Å². The fraction of sp³-hybridized carbons (Fsp3) is 0.312. The maximum absolute atomic E-state index is 4.36. The Kier molecular flexibility index (Phi) is 5.55. The van der Waals surface area contributed by atoms with Crippen molar-refractivity contribution in [2.24, 2.45) is 0 Å². The molecule has 0 saturated heterocycles. The van der Waals surface area contributed by atoms with E-state index >= 15 is 0 Å². The number of pyridine rings is 1. The van der Waals surface area contributed by atoms with Gasteiger partial charge in [0.1, 0.15) is 0 Å². The highest BCUT2D eigenvalue weighted by Gasteiger charge is 2.03. The molecule has 1 N–H and O–H groups in total. The monoisotopic (exact) mass is 318 g/mol. The molecule has 19 heavy (non-hydrogen) atoms. The molecular weight excluding hydrogens is 300 g/mol. The van der Waals surface area contributed by atoms with Crippen molar-refractivity contribution in [2.45, 2.75) is 32.4 Å². The van der Waals surface area contributed by atoms with Gasteiger partial charge in [0, 0.05) is 23.3 Å². The molecule has 1 atom stereocenters. The zero-order valence-electron chi connectivity index (χ0n) is 11.1. The van der Waals surface area contributed by atoms with Crippen LogP contribution in [0.1, 0.15) is 24.6 Å². The average Bonchev–Trinajstić information content (AvgIpc) is 2.45. The second kappa shape index (κ2) is 7.41. The van der Waals surface area contributed by atoms with Crippen molar-refractivity contribution in [1.82, 2.24) is 10.3 Å². The normalized spacial score (nSPS) is 12.3. The number of aryl methyl sites for hydroxylation is 1. The van der Waals surface area contributed by atoms with Crippen molar-refractivity contribution >= 4 is 15.9 Å². The molecule has 1 aromatic heterocycles. The summed E-state index contributed by atoms with van der Waals surface area (Å²) in [6.45, 7) is 3.05. The lowest BCUT2D eigenvalue weighted by Crippen LogP contribution is -2.26. The molecule has 2 aromatic rings. The van der Waals surface area contributed by atoms with Gasteiger partial charge in [0.05, 0.1) is 5.69 Å². The van der Waals surface area contributed by atoms with Crippen LogP contribution in [-0.2, 0) is 13.0 Å². The van der Waals surface area contributed by atoms with Crippen LogP contribution in [0.25, 0.3) is 0 Å². The second-order valence-electron chi connectivity index (χ2n) is 4.77. The van der Waals surface area contributed by atoms with Crippen LogP contribution in [0.15, 0.2) is 53.1 Å². The molecule has 0 saturated carbocycles. The van der Waals surface area contributed by atoms with Gasteiger partial charge in [0.2, 0.25) is 0 Å². The van der Waals surface area contributed by atoms with Gasteiger partial charge >= 0.3 is 0 Å². The van der Waals surface area contributed by atoms with Crippen molar-refractivity contribution in [3.8, 4) is 0 Å². The fourth-order valence-corrected chi connectivity index (χ4v) is 2.15. The smallest absolute Gasteiger partial charge is 0.0542 e. The van der Waals surface area contributed by atoms with E-state index in [1.165, 1.54) is 5.56 Å². The maximum atomic E-state index is 4.36. The van der Waals surface area contributed by atoms with E-state index in [0.29, 0.717) is 6.04 Å². The Labute approximate surface area is 123 Å². The molecule has 2 rings (SSSR count). The van der Waals surface area contributed by atoms with Crippen LogP contribution in [-0.4, -0.2) is 11.0 Å². The van der Waals surface area contributed by atoms with Crippen LogP contribution in [0.3, 0.4) is 0 Å². The second-order valence-corrected chi connectivity index (χ2v) is 5.69. The lowest BCUT2D eigenvalue weighted by atomic mass is 10.1. The van der Waals surface area contributed by atoms with E-state index in [4.69, 9.17) is 0 Å². The van der Waals surface area contributed by atoms with Gasteiger partial charge in [-0.15, -0.1) is 0 Å². The van der Waals surface area contributed by atoms with Gasteiger partial charge in [0.25, 0.3) is 0 Å². The predicted octanol–water partition coefficient (Wildman–Crippen LogP) is 3.96. The minimum Gasteiger partial charge on any atom is -0.309 e. The molecule has 0 aliphatic rings. The van der Waals surface area contributed by atoms with E-state index < -0.39 is 0 Å². The molecule has 1 aromatic carbocycles. The van der Waals surface area contributed by atoms with E-state index in [0.717, 1.165) is 29.6 Å². The van der Waals surface area contributed by atoms with Crippen LogP contribution < -0.4 is 5.32 Å². The molecule has 2 nitrogen and oxygen atoms in total. The summed E-state index contributed by atoms with van der Waals surface area (Å²) in [7, 11) is 0. The van der Waals surface area contributed by atoms with Gasteiger partial charge in [-0.1, -0.05) is 30.3 Å². The van der Waals surface area contributed by atoms with Gasteiger partial charge in [-0.25, -0.2) is 0 Å². The Morgan fingerprint density at radius 3 is 2.63 bits per heavy atom. The summed E-state index contributed by atoms with van der Waals surface area (Å²) in [5.41, 5.74) is 2.48. The molecule has 0 radical (unpaired) electrons. The van der Waals surface area contributed by atoms with Gasteiger partial charge in [0.15, 0.2) is 0 Å². The predicted molar refractivity (Wildman–Crippen MR) is 83.0 cm³/mol. The Balaban J connectivity index is 1.72. The Hall–Kier alpha value is -1.19. The van der Waals surface area contributed by atoms with Gasteiger partial charge < -0.3 is 5.32 Å². The number of halogens is 1. The Bertz CT molecular complexity index is 482. The van der Waals surface area contributed by atoms with E-state index in [9.17, 15) is 0 Å². The molecule has 1 heterocycles. The highest BCUT2D eigenvalue weighted by atomic mass is 79.9. The first kappa shape index (κ1) is 14.2. The third-order valence-corrected chi connectivity index (χ3v) is 3.60. The maximum Gasteiger partial charge on any atom is 0.0542 e. The first-order valence-electron chi connectivity index (χ1n) is 6.62. The van der Waals surface area contributed by atoms with Gasteiger partial charge in [-0.3, -0.25) is 4.98 Å². The minimum atomic E-state index is 0.491. The van der Waals surface area contributed by atoms with E-state index in [1.54, 1.807) is 0 Å². The molecule has 0 aliphatic carbocycles. The molecule has 0 amide bonds. The average molecular weight is 319 g/mol. The van der Waals surface area contributed by atoms with E-state index in [-0.39, 0.29) is 0 Å². The lowest BCUT2D eigenvalue weighted by molar-refractivity contribution is 0.510. The minimum absolute atomic E-state index is 0.491. The standard InChI is InChI=1S/C16H19BrN2/c1-13(7-8-14-5-3-2-4-6-14)18-12-16-10-9-15(17)11-19-16/h2-6,9-11,13,18H,7-8,12H2,1H3. The quantitative estimate of drug-likeness (QED) is 0.872. The van der Waals surface area contributed by atoms with Crippen molar-refractivity contribution in [1.29, 1.82) is 0 Å². The summed E-state index contributed by atoms with van der Waals surface area (Å²) in [5.74, 6) is 0. The third-order valence-electron chi connectivity index (χ3n) is 3.13. The third kappa shape index (κ3) is 5.13. The molecule has 0 aliphatic heterocycles. The molecule has 0 bridgehead atoms. The van der Waals surface area contributed by atoms with E-state index in [2.05, 4.69) is 63.5 Å². The molecule has 100 valence electrons. The molecule has 3 heteroatoms. The molecule has 0 spiro atoms. The summed E-state index contributed by atoms with van der Waals surface area (Å²) >= 11 is 3.39. The highest BCUT2D eigenvalue weighted by Crippen LogP contribution is 2.08. The van der Waals surface area contributed by atoms with Gasteiger partial charge in [-0.05, 0) is 53.4 Å². The van der Waals surface area contributed by atoms with Crippen LogP contribution >= 0.6 is 15.9 Å². The zero-order chi connectivity index (χ0) is 13.5. The summed E-state index contributed by atoms with van der Waals surface area (Å²) in [6, 6.07) is 15.2. The summed E-state index contributed by atoms with van der Waals surface area (Å²) in [5, 5.41) is 3.51. The number of hydrogen-bond donors (Lipinski definition) is 1. The SMILES string of the molecule is CC(CCc1ccccc1)NCc1ccc(Br)cn1. The zero-order valence-corrected chi connectivity index (χ0v) is 12.7. The Morgan fingerprint density at radius 1 is 1.16 bits per heavy atom. The van der Waals surface area contributed by atoms with Crippen LogP contribution in [0.5, 0.6) is 0 Å². The van der Waals surface area contributed by atoms with Crippen molar-refractivity contribution in [2.75, 3.05) is 0 Å². The van der Waals surface area contributed by atoms with Crippen molar-refractivity contribution < 1.29 is 0 Å². The Morgan fingerprint density at radius 2 is 1.95 bits per heavy atom. The van der Waals surface area contributed by atoms with Crippen LogP contribution in [0.4, 0.5) is 0 Å². The first-order chi connectivity index (χ1) is 9.24. The number of rotatable bonds is 6. The topological polar surface area (TPSA) is 24.9 Å². The first-order valence-corrected chi connectivity index (χ1v) is 7.41. The number of hydrogen-bond acceptors (Lipinski definition) is 2. The summed E-state index contributed by atoms with van der Waals surface area (Å²) in [4.78, 5) is 4.36. The van der Waals surface area contributed by atoms with Crippen LogP contribution in [0, 0.1) is 0 Å². The van der Waals surface area contributed by atoms with Crippen molar-refractivity contribution in [3.05, 3.63) is 64.4 Å². The molecule has 0 fully saturated rings. The fourth-order valence-electron chi connectivity index (χ4n) is 1.92. The van der Waals surface area contributed by atoms with Gasteiger partial charge in [-0.2, -0.15) is 0 Å². The number of nitrogens with zero attached hydrogens (tertiary/aromatic N) is 1. The number of aromatic nitrogens is 1.